The summed E-state index contributed by atoms with van der Waals surface area (Å²) in [5, 5.41) is 3.28. The fourth-order valence-corrected chi connectivity index (χ4v) is 2.67. The molecule has 0 bridgehead atoms. The fourth-order valence-electron chi connectivity index (χ4n) is 2.67. The lowest BCUT2D eigenvalue weighted by atomic mass is 10.2. The molecule has 4 nitrogen and oxygen atoms in total. The molecule has 0 radical (unpaired) electrons. The highest BCUT2D eigenvalue weighted by atomic mass is 16.2. The van der Waals surface area contributed by atoms with Crippen LogP contribution in [0.1, 0.15) is 29.8 Å². The normalized spacial score (nSPS) is 13.4. The van der Waals surface area contributed by atoms with Gasteiger partial charge in [-0.15, -0.1) is 0 Å². The summed E-state index contributed by atoms with van der Waals surface area (Å²) >= 11 is 0. The Kier molecular flexibility index (Phi) is 3.60. The second-order valence-corrected chi connectivity index (χ2v) is 5.60. The van der Waals surface area contributed by atoms with Gasteiger partial charge >= 0.3 is 0 Å². The van der Waals surface area contributed by atoms with Gasteiger partial charge in [0.1, 0.15) is 0 Å². The van der Waals surface area contributed by atoms with E-state index < -0.39 is 0 Å². The van der Waals surface area contributed by atoms with Crippen molar-refractivity contribution in [1.29, 1.82) is 0 Å². The van der Waals surface area contributed by atoms with E-state index in [1.807, 2.05) is 29.2 Å². The number of amides is 1. The van der Waals surface area contributed by atoms with E-state index >= 15 is 0 Å². The molecule has 1 amide bonds. The summed E-state index contributed by atoms with van der Waals surface area (Å²) < 4.78 is 0. The van der Waals surface area contributed by atoms with Crippen molar-refractivity contribution in [2.75, 3.05) is 16.8 Å². The van der Waals surface area contributed by atoms with Crippen molar-refractivity contribution in [1.82, 2.24) is 4.98 Å². The zero-order valence-electron chi connectivity index (χ0n) is 12.3. The molecular formula is C17H19N3O. The summed E-state index contributed by atoms with van der Waals surface area (Å²) in [7, 11) is 0. The standard InChI is InChI=1S/C17H19N3O/c1-12(2)19-15-9-14(10-18-11-15)17(21)20-8-7-13-5-3-4-6-16(13)20/h3-6,9-12,19H,7-8H2,1-2H3. The van der Waals surface area contributed by atoms with Gasteiger partial charge in [-0.3, -0.25) is 9.78 Å². The van der Waals surface area contributed by atoms with Gasteiger partial charge < -0.3 is 10.2 Å². The monoisotopic (exact) mass is 281 g/mol. The van der Waals surface area contributed by atoms with Crippen molar-refractivity contribution >= 4 is 17.3 Å². The molecule has 0 atom stereocenters. The maximum absolute atomic E-state index is 12.7. The Bertz CT molecular complexity index is 667. The molecule has 0 fully saturated rings. The number of pyridine rings is 1. The number of anilines is 2. The molecule has 1 aromatic heterocycles. The van der Waals surface area contributed by atoms with Gasteiger partial charge in [0.15, 0.2) is 0 Å². The first kappa shape index (κ1) is 13.6. The summed E-state index contributed by atoms with van der Waals surface area (Å²) in [5.41, 5.74) is 3.75. The Morgan fingerprint density at radius 2 is 2.10 bits per heavy atom. The maximum Gasteiger partial charge on any atom is 0.259 e. The van der Waals surface area contributed by atoms with E-state index in [9.17, 15) is 4.79 Å². The largest absolute Gasteiger partial charge is 0.382 e. The molecule has 0 unspecified atom stereocenters. The smallest absolute Gasteiger partial charge is 0.259 e. The molecule has 1 aliphatic rings. The van der Waals surface area contributed by atoms with Crippen LogP contribution in [0.25, 0.3) is 0 Å². The summed E-state index contributed by atoms with van der Waals surface area (Å²) in [6.45, 7) is 4.86. The number of para-hydroxylation sites is 1. The minimum absolute atomic E-state index is 0.0138. The number of hydrogen-bond acceptors (Lipinski definition) is 3. The van der Waals surface area contributed by atoms with Crippen LogP contribution in [0.15, 0.2) is 42.7 Å². The molecule has 2 aromatic rings. The summed E-state index contributed by atoms with van der Waals surface area (Å²) in [4.78, 5) is 18.7. The van der Waals surface area contributed by atoms with Gasteiger partial charge in [-0.1, -0.05) is 18.2 Å². The number of fused-ring (bicyclic) bond motifs is 1. The molecule has 3 rings (SSSR count). The third-order valence-corrected chi connectivity index (χ3v) is 3.57. The van der Waals surface area contributed by atoms with Crippen LogP contribution < -0.4 is 10.2 Å². The van der Waals surface area contributed by atoms with Crippen LogP contribution in [0.4, 0.5) is 11.4 Å². The van der Waals surface area contributed by atoms with E-state index in [1.165, 1.54) is 5.56 Å². The van der Waals surface area contributed by atoms with E-state index in [-0.39, 0.29) is 5.91 Å². The van der Waals surface area contributed by atoms with Crippen LogP contribution in [0.2, 0.25) is 0 Å². The van der Waals surface area contributed by atoms with Crippen molar-refractivity contribution in [2.24, 2.45) is 0 Å². The minimum atomic E-state index is 0.0138. The van der Waals surface area contributed by atoms with Crippen molar-refractivity contribution in [3.63, 3.8) is 0 Å². The van der Waals surface area contributed by atoms with Gasteiger partial charge in [0.25, 0.3) is 5.91 Å². The fraction of sp³-hybridized carbons (Fsp3) is 0.294. The maximum atomic E-state index is 12.7. The highest BCUT2D eigenvalue weighted by Gasteiger charge is 2.25. The predicted molar refractivity (Wildman–Crippen MR) is 84.8 cm³/mol. The van der Waals surface area contributed by atoms with Crippen LogP contribution in [0, 0.1) is 0 Å². The quantitative estimate of drug-likeness (QED) is 0.940. The first-order valence-corrected chi connectivity index (χ1v) is 7.26. The van der Waals surface area contributed by atoms with Gasteiger partial charge in [-0.2, -0.15) is 0 Å². The Labute approximate surface area is 124 Å². The highest BCUT2D eigenvalue weighted by Crippen LogP contribution is 2.29. The van der Waals surface area contributed by atoms with E-state index in [2.05, 4.69) is 30.2 Å². The second-order valence-electron chi connectivity index (χ2n) is 5.60. The number of aromatic nitrogens is 1. The lowest BCUT2D eigenvalue weighted by Gasteiger charge is -2.18. The van der Waals surface area contributed by atoms with Crippen LogP contribution in [-0.4, -0.2) is 23.5 Å². The van der Waals surface area contributed by atoms with Crippen molar-refractivity contribution in [3.8, 4) is 0 Å². The Balaban J connectivity index is 1.86. The van der Waals surface area contributed by atoms with Gasteiger partial charge in [-0.05, 0) is 38.0 Å². The SMILES string of the molecule is CC(C)Nc1cncc(C(=O)N2CCc3ccccc32)c1. The molecule has 4 heteroatoms. The van der Waals surface area contributed by atoms with Crippen LogP contribution in [0.5, 0.6) is 0 Å². The molecule has 0 saturated heterocycles. The number of benzene rings is 1. The van der Waals surface area contributed by atoms with Crippen molar-refractivity contribution in [2.45, 2.75) is 26.3 Å². The molecule has 0 spiro atoms. The molecule has 0 aliphatic carbocycles. The van der Waals surface area contributed by atoms with Gasteiger partial charge in [0.05, 0.1) is 11.3 Å². The molecule has 21 heavy (non-hydrogen) atoms. The minimum Gasteiger partial charge on any atom is -0.382 e. The third-order valence-electron chi connectivity index (χ3n) is 3.57. The topological polar surface area (TPSA) is 45.2 Å². The highest BCUT2D eigenvalue weighted by molar-refractivity contribution is 6.07. The van der Waals surface area contributed by atoms with Crippen molar-refractivity contribution < 1.29 is 4.79 Å². The second kappa shape index (κ2) is 5.56. The van der Waals surface area contributed by atoms with Gasteiger partial charge in [-0.25, -0.2) is 0 Å². The number of nitrogens with zero attached hydrogens (tertiary/aromatic N) is 2. The zero-order chi connectivity index (χ0) is 14.8. The predicted octanol–water partition coefficient (Wildman–Crippen LogP) is 3.10. The number of rotatable bonds is 3. The van der Waals surface area contributed by atoms with Gasteiger partial charge in [0.2, 0.25) is 0 Å². The molecule has 108 valence electrons. The first-order chi connectivity index (χ1) is 10.1. The van der Waals surface area contributed by atoms with E-state index in [4.69, 9.17) is 0 Å². The molecule has 1 aromatic carbocycles. The average molecular weight is 281 g/mol. The lowest BCUT2D eigenvalue weighted by molar-refractivity contribution is 0.0989. The Morgan fingerprint density at radius 1 is 1.29 bits per heavy atom. The average Bonchev–Trinajstić information content (AvgIpc) is 2.90. The van der Waals surface area contributed by atoms with E-state index in [1.54, 1.807) is 12.4 Å². The number of carbonyl (C=O) groups excluding carboxylic acids is 1. The lowest BCUT2D eigenvalue weighted by Crippen LogP contribution is -2.29. The zero-order valence-corrected chi connectivity index (χ0v) is 12.3. The van der Waals surface area contributed by atoms with Crippen LogP contribution >= 0.6 is 0 Å². The molecule has 0 saturated carbocycles. The number of carbonyl (C=O) groups is 1. The van der Waals surface area contributed by atoms with Crippen LogP contribution in [-0.2, 0) is 6.42 Å². The van der Waals surface area contributed by atoms with E-state index in [0.29, 0.717) is 11.6 Å². The molecule has 2 heterocycles. The first-order valence-electron chi connectivity index (χ1n) is 7.26. The Morgan fingerprint density at radius 3 is 2.90 bits per heavy atom. The van der Waals surface area contributed by atoms with E-state index in [0.717, 1.165) is 24.3 Å². The summed E-state index contributed by atoms with van der Waals surface area (Å²) in [5.74, 6) is 0.0138. The Hall–Kier alpha value is -2.36. The molecule has 1 aliphatic heterocycles. The summed E-state index contributed by atoms with van der Waals surface area (Å²) in [6.07, 6.45) is 4.29. The van der Waals surface area contributed by atoms with Crippen LogP contribution in [0.3, 0.4) is 0 Å². The molecule has 1 N–H and O–H groups in total. The summed E-state index contributed by atoms with van der Waals surface area (Å²) in [6, 6.07) is 10.3. The van der Waals surface area contributed by atoms with Crippen molar-refractivity contribution in [3.05, 3.63) is 53.9 Å². The molecular weight excluding hydrogens is 262 g/mol. The third kappa shape index (κ3) is 2.75. The number of hydrogen-bond donors (Lipinski definition) is 1. The number of nitrogens with one attached hydrogen (secondary N) is 1. The van der Waals surface area contributed by atoms with Gasteiger partial charge in [0, 0.05) is 30.7 Å².